The molecule has 0 aromatic heterocycles. The summed E-state index contributed by atoms with van der Waals surface area (Å²) >= 11 is 0. The van der Waals surface area contributed by atoms with Gasteiger partial charge in [0, 0.05) is 19.0 Å². The van der Waals surface area contributed by atoms with Gasteiger partial charge in [0.05, 0.1) is 0 Å². The van der Waals surface area contributed by atoms with Gasteiger partial charge in [-0.15, -0.1) is 0 Å². The molecule has 90 valence electrons. The van der Waals surface area contributed by atoms with E-state index < -0.39 is 24.0 Å². The number of rotatable bonds is 4. The Morgan fingerprint density at radius 3 is 2.33 bits per heavy atom. The van der Waals surface area contributed by atoms with Gasteiger partial charge in [-0.25, -0.2) is 13.6 Å². The lowest BCUT2D eigenvalue weighted by molar-refractivity contribution is 0.0459. The van der Waals surface area contributed by atoms with E-state index in [1.54, 1.807) is 20.8 Å². The van der Waals surface area contributed by atoms with Crippen molar-refractivity contribution in [1.29, 1.82) is 0 Å². The largest absolute Gasteiger partial charge is 0.444 e. The monoisotopic (exact) mass is 224 g/mol. The first-order chi connectivity index (χ1) is 6.76. The van der Waals surface area contributed by atoms with Crippen molar-refractivity contribution in [3.63, 3.8) is 0 Å². The average Bonchev–Trinajstić information content (AvgIpc) is 2.01. The van der Waals surface area contributed by atoms with E-state index in [1.165, 1.54) is 0 Å². The van der Waals surface area contributed by atoms with Crippen molar-refractivity contribution in [2.75, 3.05) is 13.1 Å². The second-order valence-corrected chi connectivity index (χ2v) is 4.21. The van der Waals surface area contributed by atoms with Crippen molar-refractivity contribution in [1.82, 2.24) is 5.32 Å². The maximum Gasteiger partial charge on any atom is 0.407 e. The van der Waals surface area contributed by atoms with Crippen LogP contribution in [-0.4, -0.2) is 31.2 Å². The minimum atomic E-state index is -2.54. The SMILES string of the molecule is CC(C)(C)OC(=O)NCC(CN)C(F)F. The topological polar surface area (TPSA) is 64.3 Å². The summed E-state index contributed by atoms with van der Waals surface area (Å²) in [6.45, 7) is 4.73. The van der Waals surface area contributed by atoms with E-state index in [0.29, 0.717) is 0 Å². The van der Waals surface area contributed by atoms with Gasteiger partial charge in [0.25, 0.3) is 0 Å². The van der Waals surface area contributed by atoms with Crippen LogP contribution in [0.1, 0.15) is 20.8 Å². The lowest BCUT2D eigenvalue weighted by Gasteiger charge is -2.21. The number of carbonyl (C=O) groups excluding carboxylic acids is 1. The molecule has 0 aromatic rings. The van der Waals surface area contributed by atoms with Gasteiger partial charge in [-0.2, -0.15) is 0 Å². The van der Waals surface area contributed by atoms with Crippen LogP contribution in [0.2, 0.25) is 0 Å². The molecule has 0 saturated heterocycles. The molecule has 0 aromatic carbocycles. The summed E-state index contributed by atoms with van der Waals surface area (Å²) in [5.41, 5.74) is 4.48. The zero-order valence-electron chi connectivity index (χ0n) is 9.22. The van der Waals surface area contributed by atoms with Gasteiger partial charge in [0.15, 0.2) is 0 Å². The highest BCUT2D eigenvalue weighted by atomic mass is 19.3. The summed E-state index contributed by atoms with van der Waals surface area (Å²) in [6, 6.07) is 0. The fourth-order valence-corrected chi connectivity index (χ4v) is 0.804. The van der Waals surface area contributed by atoms with Crippen LogP contribution in [0, 0.1) is 5.92 Å². The molecular formula is C9H18F2N2O2. The Morgan fingerprint density at radius 1 is 1.47 bits per heavy atom. The molecule has 0 spiro atoms. The van der Waals surface area contributed by atoms with Gasteiger partial charge in [0.1, 0.15) is 5.60 Å². The minimum Gasteiger partial charge on any atom is -0.444 e. The molecular weight excluding hydrogens is 206 g/mol. The Balaban J connectivity index is 3.89. The zero-order valence-corrected chi connectivity index (χ0v) is 9.22. The van der Waals surface area contributed by atoms with Gasteiger partial charge in [-0.05, 0) is 20.8 Å². The van der Waals surface area contributed by atoms with Crippen molar-refractivity contribution in [3.8, 4) is 0 Å². The quantitative estimate of drug-likeness (QED) is 0.757. The minimum absolute atomic E-state index is 0.173. The number of carbonyl (C=O) groups is 1. The van der Waals surface area contributed by atoms with Crippen LogP contribution in [0.5, 0.6) is 0 Å². The van der Waals surface area contributed by atoms with Gasteiger partial charge < -0.3 is 15.8 Å². The highest BCUT2D eigenvalue weighted by Gasteiger charge is 2.21. The van der Waals surface area contributed by atoms with Crippen LogP contribution in [0.3, 0.4) is 0 Å². The molecule has 6 heteroatoms. The van der Waals surface area contributed by atoms with Gasteiger partial charge in [0.2, 0.25) is 6.43 Å². The van der Waals surface area contributed by atoms with Crippen LogP contribution < -0.4 is 11.1 Å². The number of nitrogens with two attached hydrogens (primary N) is 1. The lowest BCUT2D eigenvalue weighted by Crippen LogP contribution is -2.39. The number of alkyl carbamates (subject to hydrolysis) is 1. The summed E-state index contributed by atoms with van der Waals surface area (Å²) in [7, 11) is 0. The number of amides is 1. The maximum absolute atomic E-state index is 12.2. The van der Waals surface area contributed by atoms with E-state index in [0.717, 1.165) is 0 Å². The Hall–Kier alpha value is -0.910. The first-order valence-corrected chi connectivity index (χ1v) is 4.71. The summed E-state index contributed by atoms with van der Waals surface area (Å²) in [5, 5.41) is 2.25. The highest BCUT2D eigenvalue weighted by Crippen LogP contribution is 2.09. The molecule has 0 saturated carbocycles. The third-order valence-corrected chi connectivity index (χ3v) is 1.57. The van der Waals surface area contributed by atoms with E-state index in [-0.39, 0.29) is 13.1 Å². The van der Waals surface area contributed by atoms with E-state index in [2.05, 4.69) is 5.32 Å². The summed E-state index contributed by atoms with van der Waals surface area (Å²) in [5.74, 6) is -1.03. The third-order valence-electron chi connectivity index (χ3n) is 1.57. The van der Waals surface area contributed by atoms with Crippen LogP contribution in [0.25, 0.3) is 0 Å². The molecule has 0 aliphatic rings. The Kier molecular flexibility index (Phi) is 5.49. The van der Waals surface area contributed by atoms with Crippen LogP contribution in [0.4, 0.5) is 13.6 Å². The molecule has 0 fully saturated rings. The summed E-state index contributed by atoms with van der Waals surface area (Å²) in [4.78, 5) is 11.1. The van der Waals surface area contributed by atoms with Crippen molar-refractivity contribution in [2.45, 2.75) is 32.8 Å². The number of hydrogen-bond acceptors (Lipinski definition) is 3. The second kappa shape index (κ2) is 5.85. The Labute approximate surface area is 88.2 Å². The van der Waals surface area contributed by atoms with Gasteiger partial charge in [-0.1, -0.05) is 0 Å². The van der Waals surface area contributed by atoms with Crippen LogP contribution in [0.15, 0.2) is 0 Å². The van der Waals surface area contributed by atoms with E-state index in [9.17, 15) is 13.6 Å². The number of halogens is 2. The molecule has 0 rings (SSSR count). The Bertz CT molecular complexity index is 205. The fourth-order valence-electron chi connectivity index (χ4n) is 0.804. The molecule has 0 aliphatic heterocycles. The number of hydrogen-bond donors (Lipinski definition) is 2. The lowest BCUT2D eigenvalue weighted by atomic mass is 10.1. The molecule has 1 atom stereocenters. The predicted molar refractivity (Wildman–Crippen MR) is 52.8 cm³/mol. The molecule has 1 amide bonds. The fraction of sp³-hybridized carbons (Fsp3) is 0.889. The number of nitrogens with one attached hydrogen (secondary N) is 1. The van der Waals surface area contributed by atoms with E-state index in [1.807, 2.05) is 0 Å². The molecule has 0 radical (unpaired) electrons. The Morgan fingerprint density at radius 2 is 2.00 bits per heavy atom. The smallest absolute Gasteiger partial charge is 0.407 e. The third kappa shape index (κ3) is 7.07. The second-order valence-electron chi connectivity index (χ2n) is 4.21. The normalized spacial score (nSPS) is 13.8. The maximum atomic E-state index is 12.2. The van der Waals surface area contributed by atoms with Crippen LogP contribution in [-0.2, 0) is 4.74 Å². The molecule has 3 N–H and O–H groups in total. The van der Waals surface area contributed by atoms with Crippen molar-refractivity contribution in [2.24, 2.45) is 11.7 Å². The van der Waals surface area contributed by atoms with E-state index >= 15 is 0 Å². The first kappa shape index (κ1) is 14.1. The number of ether oxygens (including phenoxy) is 1. The van der Waals surface area contributed by atoms with Gasteiger partial charge in [-0.3, -0.25) is 0 Å². The molecule has 15 heavy (non-hydrogen) atoms. The number of alkyl halides is 2. The van der Waals surface area contributed by atoms with Crippen molar-refractivity contribution >= 4 is 6.09 Å². The van der Waals surface area contributed by atoms with Crippen LogP contribution >= 0.6 is 0 Å². The molecule has 4 nitrogen and oxygen atoms in total. The molecule has 0 aliphatic carbocycles. The molecule has 0 heterocycles. The summed E-state index contributed by atoms with van der Waals surface area (Å²) in [6.07, 6.45) is -3.24. The predicted octanol–water partition coefficient (Wildman–Crippen LogP) is 1.35. The zero-order chi connectivity index (χ0) is 12.1. The highest BCUT2D eigenvalue weighted by molar-refractivity contribution is 5.67. The standard InChI is InChI=1S/C9H18F2N2O2/c1-9(2,3)15-8(14)13-5-6(4-12)7(10)11/h6-7H,4-5,12H2,1-3H3,(H,13,14). The van der Waals surface area contributed by atoms with E-state index in [4.69, 9.17) is 10.5 Å². The molecule has 0 bridgehead atoms. The van der Waals surface area contributed by atoms with Gasteiger partial charge >= 0.3 is 6.09 Å². The average molecular weight is 224 g/mol. The molecule has 1 unspecified atom stereocenters. The summed E-state index contributed by atoms with van der Waals surface area (Å²) < 4.78 is 29.3. The van der Waals surface area contributed by atoms with Crippen molar-refractivity contribution in [3.05, 3.63) is 0 Å². The first-order valence-electron chi connectivity index (χ1n) is 4.71. The van der Waals surface area contributed by atoms with Crippen molar-refractivity contribution < 1.29 is 18.3 Å².